The number of nitrogens with one attached hydrogen (secondary N) is 1. The number of aromatic nitrogens is 1. The van der Waals surface area contributed by atoms with Crippen molar-refractivity contribution >= 4 is 17.2 Å². The highest BCUT2D eigenvalue weighted by Gasteiger charge is 2.03. The number of para-hydroxylation sites is 2. The summed E-state index contributed by atoms with van der Waals surface area (Å²) in [7, 11) is 0. The molecule has 1 aromatic heterocycles. The van der Waals surface area contributed by atoms with Gasteiger partial charge in [0.05, 0.1) is 11.4 Å². The first-order valence-corrected chi connectivity index (χ1v) is 9.23. The van der Waals surface area contributed by atoms with Crippen LogP contribution in [0.15, 0.2) is 86.6 Å². The van der Waals surface area contributed by atoms with Crippen molar-refractivity contribution in [3.05, 3.63) is 109 Å². The van der Waals surface area contributed by atoms with Crippen molar-refractivity contribution in [2.45, 2.75) is 27.2 Å². The second-order valence-corrected chi connectivity index (χ2v) is 6.27. The van der Waals surface area contributed by atoms with Gasteiger partial charge in [0.25, 0.3) is 0 Å². The zero-order chi connectivity index (χ0) is 20.9. The summed E-state index contributed by atoms with van der Waals surface area (Å²) in [5.41, 5.74) is 12.7. The zero-order valence-corrected chi connectivity index (χ0v) is 17.2. The third-order valence-electron chi connectivity index (χ3n) is 4.03. The van der Waals surface area contributed by atoms with Crippen molar-refractivity contribution in [2.75, 3.05) is 11.1 Å². The molecule has 3 aromatic rings. The van der Waals surface area contributed by atoms with Crippen molar-refractivity contribution in [1.82, 2.24) is 4.98 Å². The second-order valence-electron chi connectivity index (χ2n) is 6.27. The Labute approximate surface area is 169 Å². The molecule has 0 saturated carbocycles. The number of hydrogen-bond acceptors (Lipinski definition) is 3. The van der Waals surface area contributed by atoms with E-state index >= 15 is 0 Å². The molecule has 3 N–H and O–H groups in total. The van der Waals surface area contributed by atoms with Crippen LogP contribution >= 0.6 is 0 Å². The number of anilines is 3. The minimum absolute atomic E-state index is 0.717. The summed E-state index contributed by atoms with van der Waals surface area (Å²) in [6.07, 6.45) is 4.47. The third kappa shape index (κ3) is 7.12. The van der Waals surface area contributed by atoms with Crippen LogP contribution in [0, 0.1) is 13.8 Å². The number of rotatable bonds is 4. The van der Waals surface area contributed by atoms with E-state index in [1.54, 1.807) is 6.08 Å². The average molecular weight is 374 g/mol. The van der Waals surface area contributed by atoms with Gasteiger partial charge in [0, 0.05) is 6.20 Å². The average Bonchev–Trinajstić information content (AvgIpc) is 2.69. The lowest BCUT2D eigenvalue weighted by atomic mass is 10.0. The maximum Gasteiger partial charge on any atom is 0.130 e. The highest BCUT2D eigenvalue weighted by atomic mass is 15.0. The van der Waals surface area contributed by atoms with E-state index in [0.717, 1.165) is 17.9 Å². The summed E-state index contributed by atoms with van der Waals surface area (Å²) in [4.78, 5) is 4.38. The van der Waals surface area contributed by atoms with Gasteiger partial charge in [-0.05, 0) is 73.7 Å². The molecule has 0 spiro atoms. The van der Waals surface area contributed by atoms with Gasteiger partial charge in [0.15, 0.2) is 0 Å². The van der Waals surface area contributed by atoms with E-state index in [1.165, 1.54) is 22.3 Å². The molecule has 0 atom stereocenters. The zero-order valence-electron chi connectivity index (χ0n) is 17.2. The molecule has 3 nitrogen and oxygen atoms in total. The summed E-state index contributed by atoms with van der Waals surface area (Å²) in [5, 5.41) is 3.28. The van der Waals surface area contributed by atoms with Crippen LogP contribution in [0.25, 0.3) is 0 Å². The number of nitrogens with two attached hydrogens (primary N) is 1. The molecular weight excluding hydrogens is 342 g/mol. The molecule has 0 aliphatic rings. The van der Waals surface area contributed by atoms with Crippen molar-refractivity contribution in [3.8, 4) is 0 Å². The van der Waals surface area contributed by atoms with Crippen molar-refractivity contribution < 1.29 is 0 Å². The number of nitrogen functional groups attached to an aromatic ring is 1. The number of pyridine rings is 1. The van der Waals surface area contributed by atoms with E-state index < -0.39 is 0 Å². The molecule has 0 fully saturated rings. The van der Waals surface area contributed by atoms with Gasteiger partial charge in [-0.3, -0.25) is 0 Å². The molecule has 0 aliphatic carbocycles. The maximum absolute atomic E-state index is 5.97. The predicted molar refractivity (Wildman–Crippen MR) is 124 cm³/mol. The normalized spacial score (nSPS) is 9.25. The Hall–Kier alpha value is -3.33. The first-order valence-electron chi connectivity index (χ1n) is 9.23. The van der Waals surface area contributed by atoms with E-state index in [-0.39, 0.29) is 0 Å². The fraction of sp³-hybridized carbons (Fsp3) is 0.160. The van der Waals surface area contributed by atoms with Crippen LogP contribution in [0.2, 0.25) is 0 Å². The van der Waals surface area contributed by atoms with Gasteiger partial charge >= 0.3 is 0 Å². The largest absolute Gasteiger partial charge is 0.397 e. The fourth-order valence-electron chi connectivity index (χ4n) is 2.55. The number of hydrogen-bond donors (Lipinski definition) is 2. The summed E-state index contributed by atoms with van der Waals surface area (Å²) < 4.78 is 0. The van der Waals surface area contributed by atoms with E-state index in [4.69, 9.17) is 5.73 Å². The van der Waals surface area contributed by atoms with Crippen molar-refractivity contribution in [3.63, 3.8) is 0 Å². The second kappa shape index (κ2) is 12.1. The monoisotopic (exact) mass is 373 g/mol. The first-order chi connectivity index (χ1) is 13.5. The number of allylic oxidation sites excluding steroid dienone is 1. The maximum atomic E-state index is 5.97. The van der Waals surface area contributed by atoms with Crippen LogP contribution in [-0.2, 0) is 6.42 Å². The highest BCUT2D eigenvalue weighted by molar-refractivity contribution is 5.71. The Morgan fingerprint density at radius 1 is 0.964 bits per heavy atom. The van der Waals surface area contributed by atoms with Crippen LogP contribution in [-0.4, -0.2) is 4.98 Å². The summed E-state index contributed by atoms with van der Waals surface area (Å²) in [6, 6.07) is 18.4. The van der Waals surface area contributed by atoms with Crippen molar-refractivity contribution in [1.29, 1.82) is 0 Å². The molecule has 0 radical (unpaired) electrons. The molecule has 2 aromatic carbocycles. The standard InChI is InChI=1S/C20H21N3.C3H6.C2H4/c1-14-7-8-16(11-15(14)2)12-17-9-10-22-20(13-17)23-19-6-4-3-5-18(19)21;1-3-2;1-2/h3-11,13H,12,21H2,1-2H3,(H,22,23);3H,1H2,2H3;1-2H2. The molecule has 3 rings (SSSR count). The molecule has 0 amide bonds. The Balaban J connectivity index is 0.000000717. The molecule has 3 heteroatoms. The lowest BCUT2D eigenvalue weighted by Crippen LogP contribution is -1.99. The molecule has 0 unspecified atom stereocenters. The fourth-order valence-corrected chi connectivity index (χ4v) is 2.55. The Morgan fingerprint density at radius 2 is 1.61 bits per heavy atom. The first kappa shape index (κ1) is 22.7. The Bertz CT molecular complexity index is 884. The van der Waals surface area contributed by atoms with Gasteiger partial charge in [-0.1, -0.05) is 36.4 Å². The van der Waals surface area contributed by atoms with Gasteiger partial charge in [0.2, 0.25) is 0 Å². The Kier molecular flexibility index (Phi) is 9.84. The van der Waals surface area contributed by atoms with Gasteiger partial charge in [0.1, 0.15) is 5.82 Å². The van der Waals surface area contributed by atoms with Gasteiger partial charge in [-0.2, -0.15) is 0 Å². The smallest absolute Gasteiger partial charge is 0.130 e. The summed E-state index contributed by atoms with van der Waals surface area (Å²) in [5.74, 6) is 0.809. The lowest BCUT2D eigenvalue weighted by Gasteiger charge is -2.10. The Morgan fingerprint density at radius 3 is 2.25 bits per heavy atom. The lowest BCUT2D eigenvalue weighted by molar-refractivity contribution is 1.15. The summed E-state index contributed by atoms with van der Waals surface area (Å²) in [6.45, 7) is 15.5. The molecule has 0 aliphatic heterocycles. The molecule has 0 saturated heterocycles. The molecular formula is C25H31N3. The molecule has 0 bridgehead atoms. The highest BCUT2D eigenvalue weighted by Crippen LogP contribution is 2.22. The quantitative estimate of drug-likeness (QED) is 0.399. The van der Waals surface area contributed by atoms with Crippen LogP contribution in [0.1, 0.15) is 29.2 Å². The van der Waals surface area contributed by atoms with Crippen molar-refractivity contribution in [2.24, 2.45) is 0 Å². The van der Waals surface area contributed by atoms with E-state index in [1.807, 2.05) is 37.4 Å². The van der Waals surface area contributed by atoms with Crippen LogP contribution in [0.4, 0.5) is 17.2 Å². The van der Waals surface area contributed by atoms with E-state index in [9.17, 15) is 0 Å². The number of benzene rings is 2. The topological polar surface area (TPSA) is 50.9 Å². The van der Waals surface area contributed by atoms with E-state index in [0.29, 0.717) is 5.69 Å². The molecule has 28 heavy (non-hydrogen) atoms. The predicted octanol–water partition coefficient (Wildman–Crippen LogP) is 6.61. The van der Waals surface area contributed by atoms with Gasteiger partial charge < -0.3 is 11.1 Å². The van der Waals surface area contributed by atoms with Crippen LogP contribution < -0.4 is 11.1 Å². The van der Waals surface area contributed by atoms with Gasteiger partial charge in [-0.25, -0.2) is 4.98 Å². The summed E-state index contributed by atoms with van der Waals surface area (Å²) >= 11 is 0. The molecule has 1 heterocycles. The van der Waals surface area contributed by atoms with Crippen LogP contribution in [0.3, 0.4) is 0 Å². The minimum atomic E-state index is 0.717. The van der Waals surface area contributed by atoms with Gasteiger partial charge in [-0.15, -0.1) is 19.7 Å². The minimum Gasteiger partial charge on any atom is -0.397 e. The molecule has 146 valence electrons. The number of nitrogens with zero attached hydrogens (tertiary/aromatic N) is 1. The number of aryl methyl sites for hydroxylation is 2. The SMILES string of the molecule is C=C.C=CC.Cc1ccc(Cc2ccnc(Nc3ccccc3N)c2)cc1C. The third-order valence-corrected chi connectivity index (χ3v) is 4.03. The van der Waals surface area contributed by atoms with Crippen LogP contribution in [0.5, 0.6) is 0 Å². The van der Waals surface area contributed by atoms with E-state index in [2.05, 4.69) is 74.2 Å².